The van der Waals surface area contributed by atoms with Crippen LogP contribution < -0.4 is 15.4 Å². The number of hydrogen-bond acceptors (Lipinski definition) is 9. The fourth-order valence-corrected chi connectivity index (χ4v) is 3.08. The van der Waals surface area contributed by atoms with Crippen LogP contribution in [0.3, 0.4) is 0 Å². The fourth-order valence-electron chi connectivity index (χ4n) is 2.09. The molecule has 10 heteroatoms. The first-order valence-corrected chi connectivity index (χ1v) is 9.38. The Balaban J connectivity index is 2.07. The van der Waals surface area contributed by atoms with Crippen LogP contribution in [-0.4, -0.2) is 54.9 Å². The van der Waals surface area contributed by atoms with Crippen molar-refractivity contribution in [1.29, 1.82) is 0 Å². The molecule has 0 spiro atoms. The van der Waals surface area contributed by atoms with E-state index < -0.39 is 17.7 Å². The number of alkyl carbamates (subject to hydrolysis) is 1. The molecule has 0 bridgehead atoms. The molecule has 152 valence electrons. The Morgan fingerprint density at radius 1 is 1.29 bits per heavy atom. The number of nitrogens with one attached hydrogen (secondary N) is 2. The summed E-state index contributed by atoms with van der Waals surface area (Å²) in [5.74, 6) is 0.325. The second kappa shape index (κ2) is 9.36. The van der Waals surface area contributed by atoms with Gasteiger partial charge in [-0.25, -0.2) is 19.6 Å². The van der Waals surface area contributed by atoms with Gasteiger partial charge in [0.25, 0.3) is 0 Å². The SMILES string of the molecule is CNc1nccc(-c2cc(OCCNC(=O)OC(C)(C)C)c(C(=O)OC)s2)n1. The van der Waals surface area contributed by atoms with E-state index in [9.17, 15) is 9.59 Å². The Kier molecular flexibility index (Phi) is 7.16. The summed E-state index contributed by atoms with van der Waals surface area (Å²) >= 11 is 1.21. The molecule has 0 radical (unpaired) electrons. The summed E-state index contributed by atoms with van der Waals surface area (Å²) in [5.41, 5.74) is 0.0749. The van der Waals surface area contributed by atoms with Crippen LogP contribution in [0.1, 0.15) is 30.4 Å². The number of hydrogen-bond donors (Lipinski definition) is 2. The first kappa shape index (κ1) is 21.4. The Morgan fingerprint density at radius 2 is 2.04 bits per heavy atom. The molecule has 0 aliphatic carbocycles. The number of ether oxygens (including phenoxy) is 3. The highest BCUT2D eigenvalue weighted by atomic mass is 32.1. The fraction of sp³-hybridized carbons (Fsp3) is 0.444. The summed E-state index contributed by atoms with van der Waals surface area (Å²) in [6, 6.07) is 3.45. The zero-order chi connectivity index (χ0) is 20.7. The van der Waals surface area contributed by atoms with Crippen molar-refractivity contribution < 1.29 is 23.8 Å². The average molecular weight is 408 g/mol. The Morgan fingerprint density at radius 3 is 2.68 bits per heavy atom. The minimum atomic E-state index is -0.574. The third-order valence-corrected chi connectivity index (χ3v) is 4.35. The van der Waals surface area contributed by atoms with Gasteiger partial charge in [0.15, 0.2) is 4.88 Å². The molecule has 2 rings (SSSR count). The first-order chi connectivity index (χ1) is 13.2. The van der Waals surface area contributed by atoms with Crippen LogP contribution in [0.2, 0.25) is 0 Å². The van der Waals surface area contributed by atoms with Crippen molar-refractivity contribution in [2.24, 2.45) is 0 Å². The standard InChI is InChI=1S/C18H24N4O5S/c1-18(2,3)27-17(24)21-8-9-26-12-10-13(28-14(12)15(23)25-5)11-6-7-20-16(19-4)22-11/h6-7,10H,8-9H2,1-5H3,(H,21,24)(H,19,20,22). The molecule has 0 saturated carbocycles. The minimum Gasteiger partial charge on any atom is -0.490 e. The van der Waals surface area contributed by atoms with Gasteiger partial charge in [-0.3, -0.25) is 0 Å². The Labute approximate surface area is 167 Å². The van der Waals surface area contributed by atoms with Crippen molar-refractivity contribution in [3.63, 3.8) is 0 Å². The van der Waals surface area contributed by atoms with E-state index in [1.165, 1.54) is 18.4 Å². The van der Waals surface area contributed by atoms with Crippen LogP contribution in [-0.2, 0) is 9.47 Å². The summed E-state index contributed by atoms with van der Waals surface area (Å²) in [6.45, 7) is 5.73. The van der Waals surface area contributed by atoms with Crippen molar-refractivity contribution in [3.05, 3.63) is 23.2 Å². The molecular formula is C18H24N4O5S. The van der Waals surface area contributed by atoms with Gasteiger partial charge in [0.05, 0.1) is 24.2 Å². The van der Waals surface area contributed by atoms with Crippen molar-refractivity contribution in [2.75, 3.05) is 32.6 Å². The maximum absolute atomic E-state index is 12.1. The second-order valence-corrected chi connectivity index (χ2v) is 7.64. The van der Waals surface area contributed by atoms with Crippen LogP contribution in [0.4, 0.5) is 10.7 Å². The van der Waals surface area contributed by atoms with E-state index in [1.807, 2.05) is 0 Å². The zero-order valence-electron chi connectivity index (χ0n) is 16.5. The number of methoxy groups -OCH3 is 1. The third-order valence-electron chi connectivity index (χ3n) is 3.23. The lowest BCUT2D eigenvalue weighted by atomic mass is 10.2. The lowest BCUT2D eigenvalue weighted by Gasteiger charge is -2.19. The average Bonchev–Trinajstić information content (AvgIpc) is 3.07. The molecule has 2 heterocycles. The van der Waals surface area contributed by atoms with Gasteiger partial charge in [0.2, 0.25) is 5.95 Å². The second-order valence-electron chi connectivity index (χ2n) is 6.59. The van der Waals surface area contributed by atoms with Gasteiger partial charge in [-0.1, -0.05) is 0 Å². The van der Waals surface area contributed by atoms with Crippen LogP contribution >= 0.6 is 11.3 Å². The van der Waals surface area contributed by atoms with E-state index in [1.54, 1.807) is 46.1 Å². The molecule has 28 heavy (non-hydrogen) atoms. The minimum absolute atomic E-state index is 0.158. The molecule has 0 aliphatic rings. The quantitative estimate of drug-likeness (QED) is 0.531. The molecule has 2 aromatic heterocycles. The van der Waals surface area contributed by atoms with Gasteiger partial charge in [0.1, 0.15) is 18.0 Å². The Hall–Kier alpha value is -2.88. The first-order valence-electron chi connectivity index (χ1n) is 8.56. The summed E-state index contributed by atoms with van der Waals surface area (Å²) < 4.78 is 15.7. The lowest BCUT2D eigenvalue weighted by Crippen LogP contribution is -2.34. The van der Waals surface area contributed by atoms with E-state index in [0.29, 0.717) is 22.3 Å². The number of anilines is 1. The molecule has 0 aliphatic heterocycles. The number of esters is 1. The Bertz CT molecular complexity index is 832. The number of nitrogens with zero attached hydrogens (tertiary/aromatic N) is 2. The monoisotopic (exact) mass is 408 g/mol. The van der Waals surface area contributed by atoms with E-state index in [2.05, 4.69) is 20.6 Å². The topological polar surface area (TPSA) is 112 Å². The molecule has 0 unspecified atom stereocenters. The highest BCUT2D eigenvalue weighted by Gasteiger charge is 2.20. The van der Waals surface area contributed by atoms with Crippen molar-refractivity contribution >= 4 is 29.3 Å². The summed E-state index contributed by atoms with van der Waals surface area (Å²) in [6.07, 6.45) is 1.09. The van der Waals surface area contributed by atoms with Crippen molar-refractivity contribution in [1.82, 2.24) is 15.3 Å². The molecule has 1 amide bonds. The number of carbonyl (C=O) groups is 2. The van der Waals surface area contributed by atoms with E-state index >= 15 is 0 Å². The molecule has 2 aromatic rings. The highest BCUT2D eigenvalue weighted by molar-refractivity contribution is 7.17. The summed E-state index contributed by atoms with van der Waals surface area (Å²) in [5, 5.41) is 5.47. The largest absolute Gasteiger partial charge is 0.490 e. The van der Waals surface area contributed by atoms with Gasteiger partial charge >= 0.3 is 12.1 Å². The molecule has 0 saturated heterocycles. The number of carbonyl (C=O) groups excluding carboxylic acids is 2. The molecule has 0 fully saturated rings. The lowest BCUT2D eigenvalue weighted by molar-refractivity contribution is 0.0516. The van der Waals surface area contributed by atoms with Gasteiger partial charge in [-0.05, 0) is 26.8 Å². The number of rotatable bonds is 7. The maximum atomic E-state index is 12.1. The van der Waals surface area contributed by atoms with E-state index in [-0.39, 0.29) is 13.2 Å². The molecule has 2 N–H and O–H groups in total. The van der Waals surface area contributed by atoms with Crippen LogP contribution in [0.15, 0.2) is 18.3 Å². The summed E-state index contributed by atoms with van der Waals surface area (Å²) in [7, 11) is 3.03. The summed E-state index contributed by atoms with van der Waals surface area (Å²) in [4.78, 5) is 33.2. The van der Waals surface area contributed by atoms with Crippen molar-refractivity contribution in [2.45, 2.75) is 26.4 Å². The van der Waals surface area contributed by atoms with Gasteiger partial charge in [0, 0.05) is 19.3 Å². The van der Waals surface area contributed by atoms with Gasteiger partial charge < -0.3 is 24.8 Å². The number of amides is 1. The van der Waals surface area contributed by atoms with Crippen LogP contribution in [0.25, 0.3) is 10.6 Å². The zero-order valence-corrected chi connectivity index (χ0v) is 17.3. The maximum Gasteiger partial charge on any atom is 0.407 e. The molecular weight excluding hydrogens is 384 g/mol. The van der Waals surface area contributed by atoms with Gasteiger partial charge in [-0.2, -0.15) is 0 Å². The molecule has 9 nitrogen and oxygen atoms in total. The number of thiophene rings is 1. The van der Waals surface area contributed by atoms with E-state index in [0.717, 1.165) is 4.88 Å². The number of aromatic nitrogens is 2. The predicted octanol–water partition coefficient (Wildman–Crippen LogP) is 2.94. The molecule has 0 aromatic carbocycles. The van der Waals surface area contributed by atoms with Crippen LogP contribution in [0, 0.1) is 0 Å². The van der Waals surface area contributed by atoms with Crippen LogP contribution in [0.5, 0.6) is 5.75 Å². The predicted molar refractivity (Wildman–Crippen MR) is 106 cm³/mol. The van der Waals surface area contributed by atoms with E-state index in [4.69, 9.17) is 14.2 Å². The molecule has 0 atom stereocenters. The third kappa shape index (κ3) is 6.08. The highest BCUT2D eigenvalue weighted by Crippen LogP contribution is 2.36. The smallest absolute Gasteiger partial charge is 0.407 e. The van der Waals surface area contributed by atoms with Gasteiger partial charge in [-0.15, -0.1) is 11.3 Å². The normalized spacial score (nSPS) is 10.9. The van der Waals surface area contributed by atoms with Crippen molar-refractivity contribution in [3.8, 4) is 16.3 Å².